The van der Waals surface area contributed by atoms with Gasteiger partial charge in [-0.15, -0.1) is 0 Å². The maximum Gasteiger partial charge on any atom is 0.312 e. The van der Waals surface area contributed by atoms with Crippen molar-refractivity contribution in [2.24, 2.45) is 5.73 Å². The summed E-state index contributed by atoms with van der Waals surface area (Å²) in [4.78, 5) is 18.2. The highest BCUT2D eigenvalue weighted by Crippen LogP contribution is 2.02. The molecule has 0 fully saturated rings. The van der Waals surface area contributed by atoms with Gasteiger partial charge in [0.1, 0.15) is 0 Å². The standard InChI is InChI=1S/C7H10N4O2/c1-13-6-2-3-9-5(11-6)4-10-7(8)12/h2-3H,4H2,1H3,(H3,8,10,12). The number of rotatable bonds is 3. The van der Waals surface area contributed by atoms with Crippen LogP contribution >= 0.6 is 0 Å². The van der Waals surface area contributed by atoms with E-state index in [0.29, 0.717) is 11.7 Å². The molecule has 6 heteroatoms. The van der Waals surface area contributed by atoms with Crippen molar-refractivity contribution in [3.8, 4) is 5.88 Å². The van der Waals surface area contributed by atoms with Crippen molar-refractivity contribution in [2.75, 3.05) is 7.11 Å². The molecule has 0 aliphatic heterocycles. The van der Waals surface area contributed by atoms with Crippen molar-refractivity contribution in [1.82, 2.24) is 15.3 Å². The van der Waals surface area contributed by atoms with E-state index in [9.17, 15) is 4.79 Å². The predicted octanol–water partition coefficient (Wildman–Crippen LogP) is -0.347. The quantitative estimate of drug-likeness (QED) is 0.668. The van der Waals surface area contributed by atoms with Gasteiger partial charge >= 0.3 is 6.03 Å². The van der Waals surface area contributed by atoms with Crippen LogP contribution in [0.15, 0.2) is 12.3 Å². The molecule has 2 amide bonds. The number of carbonyl (C=O) groups excluding carboxylic acids is 1. The van der Waals surface area contributed by atoms with E-state index < -0.39 is 6.03 Å². The third kappa shape index (κ3) is 2.94. The number of ether oxygens (including phenoxy) is 1. The number of hydrogen-bond donors (Lipinski definition) is 2. The Balaban J connectivity index is 2.61. The molecule has 0 unspecified atom stereocenters. The Morgan fingerprint density at radius 3 is 3.15 bits per heavy atom. The monoisotopic (exact) mass is 182 g/mol. The zero-order valence-electron chi connectivity index (χ0n) is 7.15. The molecule has 70 valence electrons. The third-order valence-electron chi connectivity index (χ3n) is 1.31. The maximum atomic E-state index is 10.4. The van der Waals surface area contributed by atoms with Gasteiger partial charge in [-0.3, -0.25) is 0 Å². The van der Waals surface area contributed by atoms with Crippen LogP contribution in [-0.2, 0) is 6.54 Å². The fourth-order valence-electron chi connectivity index (χ4n) is 0.745. The fourth-order valence-corrected chi connectivity index (χ4v) is 0.745. The van der Waals surface area contributed by atoms with Crippen molar-refractivity contribution in [2.45, 2.75) is 6.54 Å². The van der Waals surface area contributed by atoms with Crippen LogP contribution < -0.4 is 15.8 Å². The third-order valence-corrected chi connectivity index (χ3v) is 1.31. The van der Waals surface area contributed by atoms with Crippen LogP contribution in [-0.4, -0.2) is 23.1 Å². The van der Waals surface area contributed by atoms with E-state index in [1.807, 2.05) is 0 Å². The summed E-state index contributed by atoms with van der Waals surface area (Å²) in [6.45, 7) is 0.201. The van der Waals surface area contributed by atoms with Crippen LogP contribution in [0.2, 0.25) is 0 Å². The highest BCUT2D eigenvalue weighted by Gasteiger charge is 1.99. The average Bonchev–Trinajstić information content (AvgIpc) is 2.15. The van der Waals surface area contributed by atoms with Crippen LogP contribution in [0.3, 0.4) is 0 Å². The summed E-state index contributed by atoms with van der Waals surface area (Å²) < 4.78 is 4.87. The number of amides is 2. The molecule has 0 bridgehead atoms. The lowest BCUT2D eigenvalue weighted by Gasteiger charge is -2.02. The predicted molar refractivity (Wildman–Crippen MR) is 45.0 cm³/mol. The van der Waals surface area contributed by atoms with Crippen molar-refractivity contribution in [3.63, 3.8) is 0 Å². The summed E-state index contributed by atoms with van der Waals surface area (Å²) in [5, 5.41) is 2.37. The topological polar surface area (TPSA) is 90.1 Å². The molecule has 1 aromatic rings. The summed E-state index contributed by atoms with van der Waals surface area (Å²) >= 11 is 0. The van der Waals surface area contributed by atoms with E-state index in [1.165, 1.54) is 7.11 Å². The van der Waals surface area contributed by atoms with Crippen LogP contribution in [0.1, 0.15) is 5.82 Å². The van der Waals surface area contributed by atoms with Gasteiger partial charge in [0.15, 0.2) is 5.82 Å². The summed E-state index contributed by atoms with van der Waals surface area (Å²) in [7, 11) is 1.51. The van der Waals surface area contributed by atoms with Gasteiger partial charge in [-0.2, -0.15) is 4.98 Å². The molecular formula is C7H10N4O2. The molecule has 0 aromatic carbocycles. The van der Waals surface area contributed by atoms with Gasteiger partial charge in [-0.1, -0.05) is 0 Å². The zero-order valence-corrected chi connectivity index (χ0v) is 7.15. The summed E-state index contributed by atoms with van der Waals surface area (Å²) in [5.74, 6) is 0.912. The lowest BCUT2D eigenvalue weighted by atomic mass is 10.5. The molecular weight excluding hydrogens is 172 g/mol. The van der Waals surface area contributed by atoms with Gasteiger partial charge in [-0.05, 0) is 0 Å². The SMILES string of the molecule is COc1ccnc(CNC(N)=O)n1. The van der Waals surface area contributed by atoms with Crippen molar-refractivity contribution in [3.05, 3.63) is 18.1 Å². The molecule has 0 aliphatic carbocycles. The van der Waals surface area contributed by atoms with Crippen LogP contribution in [0.25, 0.3) is 0 Å². The van der Waals surface area contributed by atoms with E-state index in [2.05, 4.69) is 15.3 Å². The number of nitrogens with one attached hydrogen (secondary N) is 1. The lowest BCUT2D eigenvalue weighted by Crippen LogP contribution is -2.29. The zero-order chi connectivity index (χ0) is 9.68. The largest absolute Gasteiger partial charge is 0.481 e. The van der Waals surface area contributed by atoms with Crippen LogP contribution in [0.5, 0.6) is 5.88 Å². The van der Waals surface area contributed by atoms with Gasteiger partial charge in [0.2, 0.25) is 5.88 Å². The normalized spacial score (nSPS) is 9.31. The Morgan fingerprint density at radius 1 is 1.77 bits per heavy atom. The Kier molecular flexibility index (Phi) is 3.02. The Morgan fingerprint density at radius 2 is 2.54 bits per heavy atom. The molecule has 1 rings (SSSR count). The van der Waals surface area contributed by atoms with E-state index >= 15 is 0 Å². The first-order valence-corrected chi connectivity index (χ1v) is 3.61. The van der Waals surface area contributed by atoms with E-state index in [-0.39, 0.29) is 6.54 Å². The number of carbonyl (C=O) groups is 1. The second-order valence-corrected chi connectivity index (χ2v) is 2.23. The molecule has 0 saturated heterocycles. The van der Waals surface area contributed by atoms with Crippen molar-refractivity contribution < 1.29 is 9.53 Å². The molecule has 0 aliphatic rings. The van der Waals surface area contributed by atoms with Crippen LogP contribution in [0.4, 0.5) is 4.79 Å². The summed E-state index contributed by atoms with van der Waals surface area (Å²) in [5.41, 5.74) is 4.87. The number of nitrogens with zero attached hydrogens (tertiary/aromatic N) is 2. The first kappa shape index (κ1) is 9.24. The van der Waals surface area contributed by atoms with E-state index in [1.54, 1.807) is 12.3 Å². The van der Waals surface area contributed by atoms with E-state index in [4.69, 9.17) is 10.5 Å². The van der Waals surface area contributed by atoms with Gasteiger partial charge in [0.25, 0.3) is 0 Å². The first-order chi connectivity index (χ1) is 6.22. The highest BCUT2D eigenvalue weighted by molar-refractivity contribution is 5.71. The molecule has 1 aromatic heterocycles. The minimum absolute atomic E-state index is 0.201. The van der Waals surface area contributed by atoms with Gasteiger partial charge < -0.3 is 15.8 Å². The second-order valence-electron chi connectivity index (χ2n) is 2.23. The minimum atomic E-state index is -0.605. The molecule has 3 N–H and O–H groups in total. The van der Waals surface area contributed by atoms with Crippen LogP contribution in [0, 0.1) is 0 Å². The second kappa shape index (κ2) is 4.24. The lowest BCUT2D eigenvalue weighted by molar-refractivity contribution is 0.248. The summed E-state index contributed by atoms with van der Waals surface area (Å²) in [6.07, 6.45) is 1.55. The fraction of sp³-hybridized carbons (Fsp3) is 0.286. The highest BCUT2D eigenvalue weighted by atomic mass is 16.5. The number of primary amides is 1. The number of methoxy groups -OCH3 is 1. The Labute approximate surface area is 75.1 Å². The smallest absolute Gasteiger partial charge is 0.312 e. The van der Waals surface area contributed by atoms with Crippen molar-refractivity contribution in [1.29, 1.82) is 0 Å². The average molecular weight is 182 g/mol. The summed E-state index contributed by atoms with van der Waals surface area (Å²) in [6, 6.07) is 1.01. The molecule has 0 saturated carbocycles. The Bertz CT molecular complexity index is 302. The molecule has 0 spiro atoms. The van der Waals surface area contributed by atoms with Gasteiger partial charge in [0.05, 0.1) is 13.7 Å². The number of nitrogens with two attached hydrogens (primary N) is 1. The first-order valence-electron chi connectivity index (χ1n) is 3.61. The van der Waals surface area contributed by atoms with Crippen molar-refractivity contribution >= 4 is 6.03 Å². The van der Waals surface area contributed by atoms with E-state index in [0.717, 1.165) is 0 Å². The van der Waals surface area contributed by atoms with Gasteiger partial charge in [-0.25, -0.2) is 9.78 Å². The molecule has 13 heavy (non-hydrogen) atoms. The minimum Gasteiger partial charge on any atom is -0.481 e. The maximum absolute atomic E-state index is 10.4. The molecule has 0 radical (unpaired) electrons. The Hall–Kier alpha value is -1.85. The molecule has 0 atom stereocenters. The molecule has 1 heterocycles. The number of aromatic nitrogens is 2. The number of urea groups is 1. The van der Waals surface area contributed by atoms with Gasteiger partial charge in [0, 0.05) is 12.3 Å². The number of hydrogen-bond acceptors (Lipinski definition) is 4. The molecule has 6 nitrogen and oxygen atoms in total.